The number of ether oxygens (including phenoxy) is 1. The summed E-state index contributed by atoms with van der Waals surface area (Å²) in [5.41, 5.74) is 1.30. The van der Waals surface area contributed by atoms with Crippen molar-refractivity contribution < 1.29 is 14.1 Å². The van der Waals surface area contributed by atoms with Gasteiger partial charge in [-0.05, 0) is 30.2 Å². The van der Waals surface area contributed by atoms with Gasteiger partial charge in [0.2, 0.25) is 5.82 Å². The average molecular weight is 355 g/mol. The van der Waals surface area contributed by atoms with Gasteiger partial charge < -0.3 is 14.6 Å². The number of nitrogens with one attached hydrogen (secondary N) is 1. The number of carbonyl (C=O) groups is 1. The second-order valence-corrected chi connectivity index (χ2v) is 5.91. The van der Waals surface area contributed by atoms with E-state index >= 15 is 0 Å². The molecule has 4 rings (SSSR count). The Kier molecular flexibility index (Phi) is 4.40. The summed E-state index contributed by atoms with van der Waals surface area (Å²) >= 11 is 0. The Labute approximate surface area is 148 Å². The molecule has 1 saturated heterocycles. The van der Waals surface area contributed by atoms with E-state index in [4.69, 9.17) is 9.26 Å². The van der Waals surface area contributed by atoms with Crippen LogP contribution >= 0.6 is 0 Å². The second kappa shape index (κ2) is 7.00. The van der Waals surface area contributed by atoms with Gasteiger partial charge >= 0.3 is 0 Å². The quantitative estimate of drug-likeness (QED) is 0.720. The van der Waals surface area contributed by atoms with Crippen LogP contribution in [0.1, 0.15) is 41.0 Å². The van der Waals surface area contributed by atoms with Crippen LogP contribution in [0.3, 0.4) is 0 Å². The lowest BCUT2D eigenvalue weighted by Crippen LogP contribution is -2.23. The van der Waals surface area contributed by atoms with Crippen LogP contribution in [0.4, 0.5) is 0 Å². The van der Waals surface area contributed by atoms with Crippen molar-refractivity contribution in [2.75, 3.05) is 6.61 Å². The van der Waals surface area contributed by atoms with Crippen LogP contribution in [0.5, 0.6) is 0 Å². The lowest BCUT2D eigenvalue weighted by Gasteiger charge is -2.03. The number of aryl methyl sites for hydroxylation is 1. The Hall–Kier alpha value is -3.14. The van der Waals surface area contributed by atoms with Crippen LogP contribution in [0, 0.1) is 0 Å². The Morgan fingerprint density at radius 2 is 2.19 bits per heavy atom. The lowest BCUT2D eigenvalue weighted by molar-refractivity contribution is 0.0835. The molecule has 26 heavy (non-hydrogen) atoms. The highest BCUT2D eigenvalue weighted by Crippen LogP contribution is 2.26. The maximum absolute atomic E-state index is 12.3. The van der Waals surface area contributed by atoms with Crippen LogP contribution in [0.25, 0.3) is 11.4 Å². The van der Waals surface area contributed by atoms with Crippen molar-refractivity contribution in [3.05, 3.63) is 41.5 Å². The molecule has 1 amide bonds. The fourth-order valence-electron chi connectivity index (χ4n) is 2.67. The Balaban J connectivity index is 1.36. The van der Waals surface area contributed by atoms with Gasteiger partial charge in [0.05, 0.1) is 13.6 Å². The van der Waals surface area contributed by atoms with E-state index in [0.29, 0.717) is 29.7 Å². The van der Waals surface area contributed by atoms with E-state index < -0.39 is 0 Å². The number of carbonyl (C=O) groups excluding carboxylic acids is 1. The molecular formula is C16H17N7O3. The molecule has 1 fully saturated rings. The summed E-state index contributed by atoms with van der Waals surface area (Å²) in [6.07, 6.45) is 1.73. The smallest absolute Gasteiger partial charge is 0.255 e. The van der Waals surface area contributed by atoms with E-state index in [0.717, 1.165) is 18.4 Å². The Morgan fingerprint density at radius 1 is 1.35 bits per heavy atom. The number of hydrogen-bond donors (Lipinski definition) is 1. The molecule has 1 aromatic carbocycles. The van der Waals surface area contributed by atoms with Gasteiger partial charge in [0.25, 0.3) is 11.8 Å². The molecule has 0 radical (unpaired) electrons. The first kappa shape index (κ1) is 16.3. The largest absolute Gasteiger partial charge is 0.368 e. The van der Waals surface area contributed by atoms with Crippen LogP contribution in [-0.2, 0) is 18.3 Å². The molecule has 134 valence electrons. The normalized spacial score (nSPS) is 16.7. The minimum atomic E-state index is -0.230. The number of hydrogen-bond acceptors (Lipinski definition) is 8. The molecule has 10 heteroatoms. The van der Waals surface area contributed by atoms with Crippen molar-refractivity contribution in [3.63, 3.8) is 0 Å². The van der Waals surface area contributed by atoms with E-state index in [1.54, 1.807) is 31.3 Å². The molecule has 3 aromatic rings. The van der Waals surface area contributed by atoms with Gasteiger partial charge in [-0.25, -0.2) is 0 Å². The van der Waals surface area contributed by atoms with E-state index in [-0.39, 0.29) is 18.6 Å². The monoisotopic (exact) mass is 355 g/mol. The zero-order valence-corrected chi connectivity index (χ0v) is 14.1. The summed E-state index contributed by atoms with van der Waals surface area (Å²) in [5.74, 6) is 1.16. The first-order chi connectivity index (χ1) is 12.7. The number of nitrogens with zero attached hydrogens (tertiary/aromatic N) is 6. The van der Waals surface area contributed by atoms with Crippen molar-refractivity contribution in [3.8, 4) is 11.4 Å². The molecule has 10 nitrogen and oxygen atoms in total. The lowest BCUT2D eigenvalue weighted by atomic mass is 10.1. The maximum Gasteiger partial charge on any atom is 0.255 e. The molecule has 1 aliphatic heterocycles. The minimum absolute atomic E-state index is 0.130. The molecule has 2 aromatic heterocycles. The highest BCUT2D eigenvalue weighted by molar-refractivity contribution is 5.94. The fraction of sp³-hybridized carbons (Fsp3) is 0.375. The standard InChI is InChI=1S/C16H17N7O3/c1-23-20-14(19-22-23)10-4-6-11(7-5-10)15(24)17-9-13-18-16(26-21-13)12-3-2-8-25-12/h4-7,12H,2-3,8-9H2,1H3,(H,17,24). The highest BCUT2D eigenvalue weighted by Gasteiger charge is 2.23. The number of tetrazole rings is 1. The second-order valence-electron chi connectivity index (χ2n) is 5.91. The number of aromatic nitrogens is 6. The maximum atomic E-state index is 12.3. The third kappa shape index (κ3) is 3.45. The average Bonchev–Trinajstić information content (AvgIpc) is 3.41. The molecular weight excluding hydrogens is 338 g/mol. The van der Waals surface area contributed by atoms with Gasteiger partial charge in [0.15, 0.2) is 5.82 Å². The molecule has 1 N–H and O–H groups in total. The third-order valence-electron chi connectivity index (χ3n) is 4.01. The SMILES string of the molecule is Cn1nnc(-c2ccc(C(=O)NCc3noc(C4CCCO4)n3)cc2)n1. The van der Waals surface area contributed by atoms with Crippen molar-refractivity contribution >= 4 is 5.91 Å². The van der Waals surface area contributed by atoms with E-state index in [1.165, 1.54) is 4.80 Å². The molecule has 1 atom stereocenters. The molecule has 0 bridgehead atoms. The predicted molar refractivity (Wildman–Crippen MR) is 87.6 cm³/mol. The summed E-state index contributed by atoms with van der Waals surface area (Å²) in [4.78, 5) is 17.9. The summed E-state index contributed by atoms with van der Waals surface area (Å²) in [5, 5.41) is 18.5. The number of amides is 1. The molecule has 3 heterocycles. The van der Waals surface area contributed by atoms with Crippen LogP contribution in [0.2, 0.25) is 0 Å². The van der Waals surface area contributed by atoms with Crippen LogP contribution in [0.15, 0.2) is 28.8 Å². The van der Waals surface area contributed by atoms with Crippen molar-refractivity contribution in [2.45, 2.75) is 25.5 Å². The van der Waals surface area contributed by atoms with Gasteiger partial charge in [-0.15, -0.1) is 10.2 Å². The predicted octanol–water partition coefficient (Wildman–Crippen LogP) is 1.04. The molecule has 0 aliphatic carbocycles. The van der Waals surface area contributed by atoms with E-state index in [9.17, 15) is 4.79 Å². The van der Waals surface area contributed by atoms with Crippen LogP contribution in [-0.4, -0.2) is 42.9 Å². The zero-order valence-electron chi connectivity index (χ0n) is 14.1. The van der Waals surface area contributed by atoms with Crippen molar-refractivity contribution in [2.24, 2.45) is 7.05 Å². The van der Waals surface area contributed by atoms with Gasteiger partial charge in [0, 0.05) is 17.7 Å². The van der Waals surface area contributed by atoms with Gasteiger partial charge in [-0.3, -0.25) is 4.79 Å². The molecule has 0 spiro atoms. The summed E-state index contributed by atoms with van der Waals surface area (Å²) in [6.45, 7) is 0.891. The van der Waals surface area contributed by atoms with Crippen molar-refractivity contribution in [1.82, 2.24) is 35.7 Å². The highest BCUT2D eigenvalue weighted by atomic mass is 16.5. The molecule has 0 saturated carbocycles. The number of benzene rings is 1. The fourth-order valence-corrected chi connectivity index (χ4v) is 2.67. The summed E-state index contributed by atoms with van der Waals surface area (Å²) < 4.78 is 10.7. The van der Waals surface area contributed by atoms with Gasteiger partial charge in [0.1, 0.15) is 6.10 Å². The first-order valence-electron chi connectivity index (χ1n) is 8.26. The molecule has 1 aliphatic rings. The summed E-state index contributed by atoms with van der Waals surface area (Å²) in [6, 6.07) is 6.95. The van der Waals surface area contributed by atoms with Crippen LogP contribution < -0.4 is 5.32 Å². The van der Waals surface area contributed by atoms with Crippen molar-refractivity contribution in [1.29, 1.82) is 0 Å². The third-order valence-corrected chi connectivity index (χ3v) is 4.01. The van der Waals surface area contributed by atoms with Gasteiger partial charge in [-0.2, -0.15) is 9.78 Å². The van der Waals surface area contributed by atoms with Gasteiger partial charge in [-0.1, -0.05) is 17.3 Å². The topological polar surface area (TPSA) is 121 Å². The number of rotatable bonds is 5. The Bertz CT molecular complexity index is 897. The molecule has 1 unspecified atom stereocenters. The van der Waals surface area contributed by atoms with E-state index in [2.05, 4.69) is 30.9 Å². The minimum Gasteiger partial charge on any atom is -0.368 e. The Morgan fingerprint density at radius 3 is 2.88 bits per heavy atom. The first-order valence-corrected chi connectivity index (χ1v) is 8.26. The zero-order chi connectivity index (χ0) is 17.9. The van der Waals surface area contributed by atoms with E-state index in [1.807, 2.05) is 0 Å². The summed E-state index contributed by atoms with van der Waals surface area (Å²) in [7, 11) is 1.69.